The molecule has 1 heterocycles. The van der Waals surface area contributed by atoms with Crippen molar-refractivity contribution in [3.05, 3.63) is 30.1 Å². The van der Waals surface area contributed by atoms with Crippen LogP contribution >= 0.6 is 0 Å². The molecule has 3 heteroatoms. The monoisotopic (exact) mass is 245 g/mol. The van der Waals surface area contributed by atoms with E-state index in [1.54, 1.807) is 6.33 Å². The summed E-state index contributed by atoms with van der Waals surface area (Å²) < 4.78 is 0. The number of benzene rings is 1. The van der Waals surface area contributed by atoms with Gasteiger partial charge in [-0.3, -0.25) is 0 Å². The van der Waals surface area contributed by atoms with E-state index in [0.29, 0.717) is 0 Å². The largest absolute Gasteiger partial charge is 0.345 e. The minimum absolute atomic E-state index is 1.05. The number of rotatable bonds is 7. The zero-order valence-corrected chi connectivity index (χ0v) is 11.4. The fraction of sp³-hybridized carbons (Fsp3) is 0.533. The molecule has 0 bridgehead atoms. The van der Waals surface area contributed by atoms with Crippen LogP contribution in [0, 0.1) is 0 Å². The second-order valence-electron chi connectivity index (χ2n) is 4.85. The summed E-state index contributed by atoms with van der Waals surface area (Å²) in [5.74, 6) is 0. The van der Waals surface area contributed by atoms with Crippen molar-refractivity contribution < 1.29 is 0 Å². The van der Waals surface area contributed by atoms with Crippen LogP contribution in [0.2, 0.25) is 0 Å². The first-order valence-electron chi connectivity index (χ1n) is 6.97. The molecule has 18 heavy (non-hydrogen) atoms. The number of fused-ring (bicyclic) bond motifs is 1. The molecule has 2 rings (SSSR count). The molecule has 2 aromatic rings. The van der Waals surface area contributed by atoms with E-state index in [9.17, 15) is 0 Å². The summed E-state index contributed by atoms with van der Waals surface area (Å²) in [4.78, 5) is 9.97. The molecule has 0 amide bonds. The number of hydrogen-bond donors (Lipinski definition) is 1. The summed E-state index contributed by atoms with van der Waals surface area (Å²) in [5, 5.41) is 0. The van der Waals surface area contributed by atoms with Crippen molar-refractivity contribution in [2.24, 2.45) is 0 Å². The van der Waals surface area contributed by atoms with Crippen molar-refractivity contribution in [3.63, 3.8) is 0 Å². The van der Waals surface area contributed by atoms with Gasteiger partial charge >= 0.3 is 0 Å². The topological polar surface area (TPSA) is 31.9 Å². The summed E-state index contributed by atoms with van der Waals surface area (Å²) in [6, 6.07) is 6.52. The van der Waals surface area contributed by atoms with E-state index in [4.69, 9.17) is 0 Å². The second-order valence-corrected chi connectivity index (χ2v) is 4.85. The van der Waals surface area contributed by atoms with Crippen molar-refractivity contribution in [1.29, 1.82) is 0 Å². The molecule has 0 spiro atoms. The van der Waals surface area contributed by atoms with E-state index < -0.39 is 0 Å². The molecule has 0 atom stereocenters. The third-order valence-corrected chi connectivity index (χ3v) is 3.28. The highest BCUT2D eigenvalue weighted by atomic mass is 15.1. The highest BCUT2D eigenvalue weighted by Gasteiger charge is 2.04. The Bertz CT molecular complexity index is 469. The average Bonchev–Trinajstić information content (AvgIpc) is 2.84. The highest BCUT2D eigenvalue weighted by Crippen LogP contribution is 2.12. The number of aromatic nitrogens is 2. The van der Waals surface area contributed by atoms with Gasteiger partial charge in [0.1, 0.15) is 0 Å². The number of H-pyrrole nitrogens is 1. The Kier molecular flexibility index (Phi) is 4.76. The third kappa shape index (κ3) is 3.33. The van der Waals surface area contributed by atoms with Gasteiger partial charge in [-0.05, 0) is 50.0 Å². The molecular formula is C15H23N3. The van der Waals surface area contributed by atoms with Crippen LogP contribution in [0.4, 0.5) is 0 Å². The van der Waals surface area contributed by atoms with Gasteiger partial charge < -0.3 is 9.88 Å². The van der Waals surface area contributed by atoms with Gasteiger partial charge in [-0.25, -0.2) is 4.98 Å². The summed E-state index contributed by atoms with van der Waals surface area (Å²) in [7, 11) is 0. The Morgan fingerprint density at radius 3 is 2.61 bits per heavy atom. The number of aromatic amines is 1. The maximum absolute atomic E-state index is 4.25. The number of nitrogens with zero attached hydrogens (tertiary/aromatic N) is 2. The van der Waals surface area contributed by atoms with Crippen molar-refractivity contribution >= 4 is 11.0 Å². The zero-order chi connectivity index (χ0) is 12.8. The molecule has 0 aliphatic rings. The SMILES string of the molecule is CCCN(CCC)CCc1ccc2nc[nH]c2c1. The summed E-state index contributed by atoms with van der Waals surface area (Å²) >= 11 is 0. The fourth-order valence-electron chi connectivity index (χ4n) is 2.39. The molecule has 0 unspecified atom stereocenters. The van der Waals surface area contributed by atoms with Gasteiger partial charge in [0.15, 0.2) is 0 Å². The van der Waals surface area contributed by atoms with E-state index >= 15 is 0 Å². The maximum Gasteiger partial charge on any atom is 0.0931 e. The number of hydrogen-bond acceptors (Lipinski definition) is 2. The first-order chi connectivity index (χ1) is 8.83. The highest BCUT2D eigenvalue weighted by molar-refractivity contribution is 5.75. The molecule has 98 valence electrons. The smallest absolute Gasteiger partial charge is 0.0931 e. The van der Waals surface area contributed by atoms with E-state index in [0.717, 1.165) is 24.0 Å². The summed E-state index contributed by atoms with van der Waals surface area (Å²) in [6.07, 6.45) is 5.35. The molecule has 0 radical (unpaired) electrons. The van der Waals surface area contributed by atoms with E-state index in [1.165, 1.54) is 31.5 Å². The predicted molar refractivity (Wildman–Crippen MR) is 76.8 cm³/mol. The molecule has 0 fully saturated rings. The minimum Gasteiger partial charge on any atom is -0.345 e. The molecule has 0 aliphatic carbocycles. The van der Waals surface area contributed by atoms with E-state index in [2.05, 4.69) is 46.9 Å². The van der Waals surface area contributed by atoms with Gasteiger partial charge in [0.2, 0.25) is 0 Å². The Morgan fingerprint density at radius 2 is 1.89 bits per heavy atom. The normalized spacial score (nSPS) is 11.5. The quantitative estimate of drug-likeness (QED) is 0.812. The van der Waals surface area contributed by atoms with Crippen LogP contribution in [0.25, 0.3) is 11.0 Å². The lowest BCUT2D eigenvalue weighted by atomic mass is 10.1. The van der Waals surface area contributed by atoms with Crippen molar-refractivity contribution in [1.82, 2.24) is 14.9 Å². The molecule has 1 aromatic carbocycles. The molecular weight excluding hydrogens is 222 g/mol. The molecule has 1 N–H and O–H groups in total. The minimum atomic E-state index is 1.05. The Labute approximate surface area is 109 Å². The van der Waals surface area contributed by atoms with Crippen molar-refractivity contribution in [3.8, 4) is 0 Å². The predicted octanol–water partition coefficient (Wildman–Crippen LogP) is 3.23. The third-order valence-electron chi connectivity index (χ3n) is 3.28. The standard InChI is InChI=1S/C15H23N3/c1-3-8-18(9-4-2)10-7-13-5-6-14-15(11-13)17-12-16-14/h5-6,11-12H,3-4,7-10H2,1-2H3,(H,16,17). The Hall–Kier alpha value is -1.35. The van der Waals surface area contributed by atoms with Gasteiger partial charge in [-0.2, -0.15) is 0 Å². The van der Waals surface area contributed by atoms with Gasteiger partial charge in [0, 0.05) is 6.54 Å². The number of nitrogens with one attached hydrogen (secondary N) is 1. The van der Waals surface area contributed by atoms with E-state index in [-0.39, 0.29) is 0 Å². The van der Waals surface area contributed by atoms with Crippen LogP contribution in [0.3, 0.4) is 0 Å². The van der Waals surface area contributed by atoms with Crippen molar-refractivity contribution in [2.45, 2.75) is 33.1 Å². The van der Waals surface area contributed by atoms with Crippen LogP contribution in [-0.2, 0) is 6.42 Å². The molecule has 3 nitrogen and oxygen atoms in total. The lowest BCUT2D eigenvalue weighted by Gasteiger charge is -2.20. The van der Waals surface area contributed by atoms with Gasteiger partial charge in [-0.1, -0.05) is 19.9 Å². The fourth-order valence-corrected chi connectivity index (χ4v) is 2.39. The molecule has 0 saturated carbocycles. The van der Waals surface area contributed by atoms with E-state index in [1.807, 2.05) is 0 Å². The molecule has 1 aromatic heterocycles. The van der Waals surface area contributed by atoms with Crippen LogP contribution in [0.15, 0.2) is 24.5 Å². The van der Waals surface area contributed by atoms with Crippen molar-refractivity contribution in [2.75, 3.05) is 19.6 Å². The second kappa shape index (κ2) is 6.55. The Morgan fingerprint density at radius 1 is 1.11 bits per heavy atom. The van der Waals surface area contributed by atoms with Gasteiger partial charge in [0.25, 0.3) is 0 Å². The van der Waals surface area contributed by atoms with Gasteiger partial charge in [0.05, 0.1) is 17.4 Å². The Balaban J connectivity index is 1.95. The lowest BCUT2D eigenvalue weighted by Crippen LogP contribution is -2.27. The average molecular weight is 245 g/mol. The summed E-state index contributed by atoms with van der Waals surface area (Å²) in [5.41, 5.74) is 3.59. The first-order valence-corrected chi connectivity index (χ1v) is 6.97. The maximum atomic E-state index is 4.25. The molecule has 0 aliphatic heterocycles. The summed E-state index contributed by atoms with van der Waals surface area (Å²) in [6.45, 7) is 8.07. The first kappa shape index (κ1) is 13.1. The van der Waals surface area contributed by atoms with Crippen LogP contribution in [0.5, 0.6) is 0 Å². The van der Waals surface area contributed by atoms with Crippen LogP contribution in [-0.4, -0.2) is 34.5 Å². The molecule has 0 saturated heterocycles. The van der Waals surface area contributed by atoms with Gasteiger partial charge in [-0.15, -0.1) is 0 Å². The zero-order valence-electron chi connectivity index (χ0n) is 11.4. The number of imidazole rings is 1. The van der Waals surface area contributed by atoms with Crippen LogP contribution in [0.1, 0.15) is 32.3 Å². The van der Waals surface area contributed by atoms with Crippen LogP contribution < -0.4 is 0 Å². The lowest BCUT2D eigenvalue weighted by molar-refractivity contribution is 0.278.